The second kappa shape index (κ2) is 9.36. The van der Waals surface area contributed by atoms with E-state index in [0.717, 1.165) is 12.8 Å². The number of hydrogen-bond donors (Lipinski definition) is 2. The van der Waals surface area contributed by atoms with Crippen molar-refractivity contribution in [2.24, 2.45) is 5.92 Å². The number of hydrogen-bond acceptors (Lipinski definition) is 5. The first-order valence-corrected chi connectivity index (χ1v) is 11.0. The number of nitrogens with one attached hydrogen (secondary N) is 2. The number of ether oxygens (including phenoxy) is 1. The van der Waals surface area contributed by atoms with Gasteiger partial charge in [-0.1, -0.05) is 18.0 Å². The Labute approximate surface area is 192 Å². The zero-order valence-corrected chi connectivity index (χ0v) is 19.8. The number of rotatable bonds is 3. The third-order valence-electron chi connectivity index (χ3n) is 5.27. The molecule has 0 spiro atoms. The number of halogens is 1. The van der Waals surface area contributed by atoms with Gasteiger partial charge >= 0.3 is 12.0 Å². The quantitative estimate of drug-likeness (QED) is 0.674. The normalized spacial score (nSPS) is 18.8. The van der Waals surface area contributed by atoms with Gasteiger partial charge in [0.2, 0.25) is 5.91 Å². The second-order valence-corrected chi connectivity index (χ2v) is 9.72. The highest BCUT2D eigenvalue weighted by Gasteiger charge is 2.36. The molecule has 9 nitrogen and oxygen atoms in total. The Balaban J connectivity index is 1.84. The third kappa shape index (κ3) is 5.70. The van der Waals surface area contributed by atoms with Gasteiger partial charge in [0.05, 0.1) is 17.1 Å². The van der Waals surface area contributed by atoms with E-state index in [1.165, 1.54) is 5.01 Å². The van der Waals surface area contributed by atoms with E-state index in [-0.39, 0.29) is 23.7 Å². The van der Waals surface area contributed by atoms with Crippen LogP contribution in [0.15, 0.2) is 18.2 Å². The molecule has 3 amide bonds. The fourth-order valence-corrected chi connectivity index (χ4v) is 4.00. The predicted molar refractivity (Wildman–Crippen MR) is 121 cm³/mol. The van der Waals surface area contributed by atoms with Gasteiger partial charge in [0.1, 0.15) is 5.60 Å². The van der Waals surface area contributed by atoms with Gasteiger partial charge in [0, 0.05) is 25.0 Å². The predicted octanol–water partition coefficient (Wildman–Crippen LogP) is 3.75. The summed E-state index contributed by atoms with van der Waals surface area (Å²) in [5, 5.41) is 1.72. The summed E-state index contributed by atoms with van der Waals surface area (Å²) >= 11 is 6.00. The Morgan fingerprint density at radius 3 is 2.59 bits per heavy atom. The number of H-pyrrole nitrogens is 1. The van der Waals surface area contributed by atoms with Gasteiger partial charge < -0.3 is 14.6 Å². The minimum Gasteiger partial charge on any atom is -0.442 e. The first-order valence-electron chi connectivity index (χ1n) is 10.6. The minimum atomic E-state index is -0.746. The smallest absolute Gasteiger partial charge is 0.429 e. The van der Waals surface area contributed by atoms with Gasteiger partial charge in [-0.15, -0.1) is 0 Å². The average molecular weight is 464 g/mol. The summed E-state index contributed by atoms with van der Waals surface area (Å²) in [6.07, 6.45) is 1.91. The summed E-state index contributed by atoms with van der Waals surface area (Å²) in [6.45, 7) is 5.27. The molecule has 0 bridgehead atoms. The van der Waals surface area contributed by atoms with Gasteiger partial charge in [-0.3, -0.25) is 15.0 Å². The van der Waals surface area contributed by atoms with Crippen LogP contribution in [0.25, 0.3) is 11.0 Å². The third-order valence-corrected chi connectivity index (χ3v) is 5.51. The highest BCUT2D eigenvalue weighted by molar-refractivity contribution is 6.31. The molecule has 3 rings (SSSR count). The molecule has 2 N–H and O–H groups in total. The Morgan fingerprint density at radius 2 is 1.94 bits per heavy atom. The zero-order valence-electron chi connectivity index (χ0n) is 19.1. The number of imidazole rings is 1. The minimum absolute atomic E-state index is 0.0133. The molecule has 0 aliphatic heterocycles. The second-order valence-electron chi connectivity index (χ2n) is 9.29. The Kier molecular flexibility index (Phi) is 6.97. The molecule has 1 aromatic carbocycles. The lowest BCUT2D eigenvalue weighted by molar-refractivity contribution is -0.134. The Hall–Kier alpha value is -2.81. The lowest BCUT2D eigenvalue weighted by atomic mass is 9.84. The Bertz CT molecular complexity index is 1010. The lowest BCUT2D eigenvalue weighted by Gasteiger charge is -2.37. The molecule has 1 fully saturated rings. The number of fused-ring (bicyclic) bond motifs is 1. The van der Waals surface area contributed by atoms with Crippen molar-refractivity contribution >= 4 is 40.5 Å². The van der Waals surface area contributed by atoms with E-state index in [9.17, 15) is 14.4 Å². The van der Waals surface area contributed by atoms with Gasteiger partial charge in [-0.05, 0) is 58.2 Å². The molecule has 0 radical (unpaired) electrons. The van der Waals surface area contributed by atoms with Gasteiger partial charge in [-0.2, -0.15) is 0 Å². The topological polar surface area (TPSA) is 108 Å². The summed E-state index contributed by atoms with van der Waals surface area (Å²) in [6, 6.07) is 4.69. The molecule has 1 unspecified atom stereocenters. The van der Waals surface area contributed by atoms with E-state index in [4.69, 9.17) is 16.3 Å². The summed E-state index contributed by atoms with van der Waals surface area (Å²) in [5.74, 6) is -0.741. The van der Waals surface area contributed by atoms with Crippen LogP contribution in [0.5, 0.6) is 0 Å². The van der Waals surface area contributed by atoms with Crippen LogP contribution in [0.4, 0.5) is 4.79 Å². The van der Waals surface area contributed by atoms with E-state index in [1.54, 1.807) is 58.0 Å². The summed E-state index contributed by atoms with van der Waals surface area (Å²) < 4.78 is 5.54. The summed E-state index contributed by atoms with van der Waals surface area (Å²) in [7, 11) is 3.43. The van der Waals surface area contributed by atoms with Crippen LogP contribution in [0.3, 0.4) is 0 Å². The number of nitrogens with zero attached hydrogens (tertiary/aromatic N) is 3. The molecule has 174 valence electrons. The van der Waals surface area contributed by atoms with Crippen LogP contribution in [0.1, 0.15) is 57.1 Å². The molecular weight excluding hydrogens is 434 g/mol. The molecule has 1 aliphatic carbocycles. The number of aromatic amines is 1. The summed E-state index contributed by atoms with van der Waals surface area (Å²) in [5.41, 5.74) is 3.10. The average Bonchev–Trinajstić information content (AvgIpc) is 3.13. The maximum absolute atomic E-state index is 13.0. The number of amides is 3. The first-order chi connectivity index (χ1) is 14.9. The standard InChI is InChI=1S/C22H30ClN5O4/c1-22(2,3)32-21(31)28(15-8-6-7-13(11-15)20(30)27(4)5)26-19(29)18-24-16-10-9-14(23)12-17(16)25-18/h9-10,12-13,15H,6-8,11H2,1-5H3,(H,24,25)(H,26,29)/t13-,15?/m0/s1. The fraction of sp³-hybridized carbons (Fsp3) is 0.545. The molecule has 1 saturated carbocycles. The zero-order chi connectivity index (χ0) is 23.6. The Morgan fingerprint density at radius 1 is 1.22 bits per heavy atom. The number of hydrazine groups is 1. The molecule has 32 heavy (non-hydrogen) atoms. The fourth-order valence-electron chi connectivity index (χ4n) is 3.83. The highest BCUT2D eigenvalue weighted by Crippen LogP contribution is 2.29. The molecule has 2 atom stereocenters. The first kappa shape index (κ1) is 23.8. The maximum Gasteiger partial charge on any atom is 0.429 e. The molecule has 2 aromatic rings. The number of aromatic nitrogens is 2. The van der Waals surface area contributed by atoms with Crippen molar-refractivity contribution < 1.29 is 19.1 Å². The van der Waals surface area contributed by atoms with Gasteiger partial charge in [0.25, 0.3) is 0 Å². The van der Waals surface area contributed by atoms with Crippen LogP contribution in [0, 0.1) is 5.92 Å². The molecular formula is C22H30ClN5O4. The van der Waals surface area contributed by atoms with Crippen LogP contribution < -0.4 is 5.43 Å². The van der Waals surface area contributed by atoms with Crippen LogP contribution in [-0.2, 0) is 9.53 Å². The molecule has 1 heterocycles. The van der Waals surface area contributed by atoms with Crippen molar-refractivity contribution in [3.05, 3.63) is 29.0 Å². The monoisotopic (exact) mass is 463 g/mol. The molecule has 1 aromatic heterocycles. The van der Waals surface area contributed by atoms with Gasteiger partial charge in [-0.25, -0.2) is 14.8 Å². The molecule has 0 saturated heterocycles. The van der Waals surface area contributed by atoms with Crippen LogP contribution in [0.2, 0.25) is 5.02 Å². The van der Waals surface area contributed by atoms with Crippen molar-refractivity contribution in [2.75, 3.05) is 14.1 Å². The van der Waals surface area contributed by atoms with Crippen LogP contribution >= 0.6 is 11.6 Å². The summed E-state index contributed by atoms with van der Waals surface area (Å²) in [4.78, 5) is 47.3. The van der Waals surface area contributed by atoms with E-state index in [0.29, 0.717) is 28.9 Å². The number of benzene rings is 1. The van der Waals surface area contributed by atoms with E-state index in [2.05, 4.69) is 15.4 Å². The number of carbonyl (C=O) groups excluding carboxylic acids is 3. The van der Waals surface area contributed by atoms with Gasteiger partial charge in [0.15, 0.2) is 5.82 Å². The largest absolute Gasteiger partial charge is 0.442 e. The highest BCUT2D eigenvalue weighted by atomic mass is 35.5. The van der Waals surface area contributed by atoms with E-state index < -0.39 is 17.6 Å². The van der Waals surface area contributed by atoms with Crippen molar-refractivity contribution in [3.63, 3.8) is 0 Å². The molecule has 10 heteroatoms. The number of carbonyl (C=O) groups is 3. The van der Waals surface area contributed by atoms with E-state index >= 15 is 0 Å². The van der Waals surface area contributed by atoms with Crippen LogP contribution in [-0.4, -0.2) is 63.5 Å². The van der Waals surface area contributed by atoms with Crippen molar-refractivity contribution in [3.8, 4) is 0 Å². The van der Waals surface area contributed by atoms with Crippen molar-refractivity contribution in [1.29, 1.82) is 0 Å². The lowest BCUT2D eigenvalue weighted by Crippen LogP contribution is -2.55. The van der Waals surface area contributed by atoms with Crippen molar-refractivity contribution in [2.45, 2.75) is 58.1 Å². The molecule has 1 aliphatic rings. The van der Waals surface area contributed by atoms with E-state index in [1.807, 2.05) is 0 Å². The SMILES string of the molecule is CN(C)C(=O)[C@H]1CCCC(N(NC(=O)c2nc3cc(Cl)ccc3[nH]2)C(=O)OC(C)(C)C)C1. The van der Waals surface area contributed by atoms with Crippen molar-refractivity contribution in [1.82, 2.24) is 25.3 Å². The maximum atomic E-state index is 13.0.